The number of methoxy groups -OCH3 is 1. The monoisotopic (exact) mass is 468 g/mol. The van der Waals surface area contributed by atoms with Crippen molar-refractivity contribution in [1.29, 1.82) is 0 Å². The molecule has 0 atom stereocenters. The average molecular weight is 469 g/mol. The lowest BCUT2D eigenvalue weighted by molar-refractivity contribution is -0.118. The molecule has 0 bridgehead atoms. The minimum absolute atomic E-state index is 0.150. The van der Waals surface area contributed by atoms with E-state index in [0.717, 1.165) is 11.3 Å². The van der Waals surface area contributed by atoms with E-state index >= 15 is 0 Å². The van der Waals surface area contributed by atoms with E-state index in [1.165, 1.54) is 6.21 Å². The lowest BCUT2D eigenvalue weighted by Gasteiger charge is -2.10. The van der Waals surface area contributed by atoms with E-state index in [-0.39, 0.29) is 18.4 Å². The maximum atomic E-state index is 12.6. The number of carbonyl (C=O) groups excluding carboxylic acids is 2. The van der Waals surface area contributed by atoms with Crippen molar-refractivity contribution in [2.24, 2.45) is 5.10 Å². The first-order chi connectivity index (χ1) is 17.1. The van der Waals surface area contributed by atoms with E-state index < -0.39 is 0 Å². The van der Waals surface area contributed by atoms with Crippen LogP contribution in [0.4, 0.5) is 5.69 Å². The van der Waals surface area contributed by atoms with Crippen molar-refractivity contribution in [3.63, 3.8) is 0 Å². The molecule has 0 fully saturated rings. The van der Waals surface area contributed by atoms with Crippen LogP contribution < -0.4 is 20.2 Å². The maximum absolute atomic E-state index is 12.6. The zero-order valence-electron chi connectivity index (χ0n) is 19.0. The number of anilines is 1. The number of amides is 2. The van der Waals surface area contributed by atoms with Gasteiger partial charge in [0.15, 0.2) is 6.61 Å². The van der Waals surface area contributed by atoms with Gasteiger partial charge in [-0.1, -0.05) is 24.3 Å². The first-order valence-corrected chi connectivity index (χ1v) is 10.9. The lowest BCUT2D eigenvalue weighted by Crippen LogP contribution is -2.20. The molecule has 2 amide bonds. The van der Waals surface area contributed by atoms with Crippen LogP contribution in [0.2, 0.25) is 0 Å². The Morgan fingerprint density at radius 3 is 2.40 bits per heavy atom. The number of hydrogen-bond acceptors (Lipinski definition) is 5. The number of para-hydroxylation sites is 3. The van der Waals surface area contributed by atoms with Gasteiger partial charge < -0.3 is 19.4 Å². The van der Waals surface area contributed by atoms with Gasteiger partial charge in [-0.05, 0) is 66.2 Å². The summed E-state index contributed by atoms with van der Waals surface area (Å²) in [5.74, 6) is 0.487. The number of ether oxygens (including phenoxy) is 2. The molecule has 4 rings (SSSR count). The molecule has 3 aromatic carbocycles. The predicted molar refractivity (Wildman–Crippen MR) is 134 cm³/mol. The van der Waals surface area contributed by atoms with Gasteiger partial charge in [0.05, 0.1) is 30.3 Å². The Morgan fingerprint density at radius 1 is 0.914 bits per heavy atom. The van der Waals surface area contributed by atoms with Gasteiger partial charge in [-0.3, -0.25) is 9.59 Å². The molecule has 0 saturated carbocycles. The zero-order valence-corrected chi connectivity index (χ0v) is 19.0. The van der Waals surface area contributed by atoms with Crippen LogP contribution in [0.5, 0.6) is 11.5 Å². The van der Waals surface area contributed by atoms with E-state index in [1.807, 2.05) is 53.4 Å². The van der Waals surface area contributed by atoms with Gasteiger partial charge in [-0.25, -0.2) is 5.43 Å². The van der Waals surface area contributed by atoms with Crippen LogP contribution in [0.1, 0.15) is 15.9 Å². The summed E-state index contributed by atoms with van der Waals surface area (Å²) in [4.78, 5) is 24.8. The highest BCUT2D eigenvalue weighted by Gasteiger charge is 2.11. The highest BCUT2D eigenvalue weighted by molar-refractivity contribution is 5.98. The number of nitrogens with zero attached hydrogens (tertiary/aromatic N) is 2. The molecule has 8 heteroatoms. The summed E-state index contributed by atoms with van der Waals surface area (Å²) >= 11 is 0. The van der Waals surface area contributed by atoms with Crippen LogP contribution >= 0.6 is 0 Å². The van der Waals surface area contributed by atoms with Crippen molar-refractivity contribution in [2.45, 2.75) is 0 Å². The Hall–Kier alpha value is -4.85. The highest BCUT2D eigenvalue weighted by atomic mass is 16.5. The Bertz CT molecular complexity index is 1320. The van der Waals surface area contributed by atoms with Crippen molar-refractivity contribution >= 4 is 23.7 Å². The van der Waals surface area contributed by atoms with Crippen LogP contribution in [0.3, 0.4) is 0 Å². The van der Waals surface area contributed by atoms with E-state index in [2.05, 4.69) is 15.8 Å². The first kappa shape index (κ1) is 23.3. The molecule has 0 unspecified atom stereocenters. The lowest BCUT2D eigenvalue weighted by atomic mass is 10.1. The Morgan fingerprint density at radius 2 is 1.63 bits per heavy atom. The third-order valence-electron chi connectivity index (χ3n) is 5.04. The van der Waals surface area contributed by atoms with Gasteiger partial charge >= 0.3 is 0 Å². The fourth-order valence-electron chi connectivity index (χ4n) is 3.34. The molecule has 0 spiro atoms. The molecule has 4 aromatic rings. The average Bonchev–Trinajstić information content (AvgIpc) is 3.43. The van der Waals surface area contributed by atoms with Crippen molar-refractivity contribution in [3.8, 4) is 17.2 Å². The molecule has 35 heavy (non-hydrogen) atoms. The van der Waals surface area contributed by atoms with Crippen molar-refractivity contribution in [2.75, 3.05) is 19.0 Å². The minimum atomic E-state index is -0.313. The van der Waals surface area contributed by atoms with Gasteiger partial charge in [-0.2, -0.15) is 5.10 Å². The topological polar surface area (TPSA) is 94.0 Å². The second-order valence-electron chi connectivity index (χ2n) is 7.41. The van der Waals surface area contributed by atoms with Crippen molar-refractivity contribution in [1.82, 2.24) is 9.99 Å². The summed E-state index contributed by atoms with van der Waals surface area (Å²) in [5.41, 5.74) is 5.17. The van der Waals surface area contributed by atoms with Gasteiger partial charge in [-0.15, -0.1) is 0 Å². The number of hydrogen-bond donors (Lipinski definition) is 2. The third kappa shape index (κ3) is 6.14. The molecular weight excluding hydrogens is 444 g/mol. The van der Waals surface area contributed by atoms with Crippen molar-refractivity contribution in [3.05, 3.63) is 108 Å². The van der Waals surface area contributed by atoms with Crippen LogP contribution in [-0.2, 0) is 4.79 Å². The normalized spacial score (nSPS) is 10.7. The number of nitrogens with one attached hydrogen (secondary N) is 2. The van der Waals surface area contributed by atoms with Gasteiger partial charge in [0, 0.05) is 12.4 Å². The van der Waals surface area contributed by atoms with Gasteiger partial charge in [0.2, 0.25) is 0 Å². The van der Waals surface area contributed by atoms with Gasteiger partial charge in [0.25, 0.3) is 11.8 Å². The van der Waals surface area contributed by atoms with E-state index in [0.29, 0.717) is 22.7 Å². The number of carbonyl (C=O) groups is 2. The van der Waals surface area contributed by atoms with E-state index in [9.17, 15) is 9.59 Å². The Labute approximate surface area is 202 Å². The first-order valence-electron chi connectivity index (χ1n) is 10.9. The summed E-state index contributed by atoms with van der Waals surface area (Å²) in [6, 6.07) is 25.2. The quantitative estimate of drug-likeness (QED) is 0.283. The van der Waals surface area contributed by atoms with Crippen molar-refractivity contribution < 1.29 is 19.1 Å². The fraction of sp³-hybridized carbons (Fsp3) is 0.0741. The second-order valence-corrected chi connectivity index (χ2v) is 7.41. The number of rotatable bonds is 9. The summed E-state index contributed by atoms with van der Waals surface area (Å²) in [6.07, 6.45) is 5.29. The number of aromatic nitrogens is 1. The molecule has 0 saturated heterocycles. The van der Waals surface area contributed by atoms with Crippen LogP contribution in [-0.4, -0.2) is 36.3 Å². The molecule has 1 heterocycles. The molecule has 2 N–H and O–H groups in total. The molecule has 0 aliphatic carbocycles. The fourth-order valence-corrected chi connectivity index (χ4v) is 3.34. The largest absolute Gasteiger partial charge is 0.495 e. The summed E-state index contributed by atoms with van der Waals surface area (Å²) in [7, 11) is 1.54. The van der Waals surface area contributed by atoms with Crippen LogP contribution in [0.15, 0.2) is 102 Å². The molecular formula is C27H24N4O4. The standard InChI is InChI=1S/C27H24N4O4/c1-34-25-11-5-3-9-23(25)29-26(32)19-35-21-14-12-20(13-15-21)18-28-30-27(33)22-8-2-4-10-24(22)31-16-6-7-17-31/h2-18H,19H2,1H3,(H,29,32)(H,30,33)/b28-18-. The number of benzene rings is 3. The number of hydrazone groups is 1. The molecule has 0 aliphatic heterocycles. The Balaban J connectivity index is 1.29. The molecule has 176 valence electrons. The summed E-state index contributed by atoms with van der Waals surface area (Å²) in [6.45, 7) is -0.150. The van der Waals surface area contributed by atoms with Gasteiger partial charge in [0.1, 0.15) is 11.5 Å². The predicted octanol–water partition coefficient (Wildman–Crippen LogP) is 4.27. The zero-order chi connectivity index (χ0) is 24.5. The summed E-state index contributed by atoms with van der Waals surface area (Å²) < 4.78 is 12.6. The maximum Gasteiger partial charge on any atom is 0.273 e. The molecule has 0 aliphatic rings. The highest BCUT2D eigenvalue weighted by Crippen LogP contribution is 2.23. The Kier molecular flexibility index (Phi) is 7.55. The van der Waals surface area contributed by atoms with E-state index in [1.54, 1.807) is 55.6 Å². The smallest absolute Gasteiger partial charge is 0.273 e. The second kappa shape index (κ2) is 11.3. The third-order valence-corrected chi connectivity index (χ3v) is 5.04. The minimum Gasteiger partial charge on any atom is -0.495 e. The SMILES string of the molecule is COc1ccccc1NC(=O)COc1ccc(/C=N\NC(=O)c2ccccc2-n2cccc2)cc1. The molecule has 8 nitrogen and oxygen atoms in total. The molecule has 1 aromatic heterocycles. The summed E-state index contributed by atoms with van der Waals surface area (Å²) in [5, 5.41) is 6.81. The van der Waals surface area contributed by atoms with Crippen LogP contribution in [0, 0.1) is 0 Å². The van der Waals surface area contributed by atoms with Crippen LogP contribution in [0.25, 0.3) is 5.69 Å². The van der Waals surface area contributed by atoms with E-state index in [4.69, 9.17) is 9.47 Å². The molecule has 0 radical (unpaired) electrons.